The molecule has 1 aromatic rings. The van der Waals surface area contributed by atoms with Crippen molar-refractivity contribution in [2.24, 2.45) is 5.92 Å². The Morgan fingerprint density at radius 2 is 1.79 bits per heavy atom. The van der Waals surface area contributed by atoms with Gasteiger partial charge in [-0.2, -0.15) is 4.31 Å². The van der Waals surface area contributed by atoms with Crippen LogP contribution < -0.4 is 10.6 Å². The van der Waals surface area contributed by atoms with E-state index in [4.69, 9.17) is 0 Å². The SMILES string of the molecule is CC(=O)Nc1ccc(S(=O)(=O)N(C)CC(=O)NCCCN2CCC(C)CC2)cc1. The van der Waals surface area contributed by atoms with E-state index in [9.17, 15) is 18.0 Å². The summed E-state index contributed by atoms with van der Waals surface area (Å²) in [5.41, 5.74) is 0.514. The van der Waals surface area contributed by atoms with Crippen LogP contribution in [0.25, 0.3) is 0 Å². The Morgan fingerprint density at radius 3 is 2.38 bits per heavy atom. The monoisotopic (exact) mass is 424 g/mol. The second-order valence-corrected chi connectivity index (χ2v) is 9.74. The first kappa shape index (κ1) is 23.3. The summed E-state index contributed by atoms with van der Waals surface area (Å²) in [7, 11) is -2.40. The number of carbonyl (C=O) groups is 2. The first-order chi connectivity index (χ1) is 13.7. The number of hydrogen-bond donors (Lipinski definition) is 2. The Hall–Kier alpha value is -1.97. The lowest BCUT2D eigenvalue weighted by Crippen LogP contribution is -2.39. The van der Waals surface area contributed by atoms with Crippen molar-refractivity contribution in [3.63, 3.8) is 0 Å². The quantitative estimate of drug-likeness (QED) is 0.586. The number of nitrogens with one attached hydrogen (secondary N) is 2. The number of hydrogen-bond acceptors (Lipinski definition) is 5. The number of carbonyl (C=O) groups excluding carboxylic acids is 2. The predicted octanol–water partition coefficient (Wildman–Crippen LogP) is 1.50. The van der Waals surface area contributed by atoms with Crippen molar-refractivity contribution in [1.29, 1.82) is 0 Å². The summed E-state index contributed by atoms with van der Waals surface area (Å²) < 4.78 is 26.3. The molecule has 1 aliphatic rings. The Labute approximate surface area is 173 Å². The molecule has 29 heavy (non-hydrogen) atoms. The van der Waals surface area contributed by atoms with E-state index in [1.54, 1.807) is 0 Å². The van der Waals surface area contributed by atoms with Crippen LogP contribution in [0.5, 0.6) is 0 Å². The molecule has 0 aromatic heterocycles. The molecule has 2 rings (SSSR count). The molecular weight excluding hydrogens is 392 g/mol. The van der Waals surface area contributed by atoms with E-state index in [0.29, 0.717) is 12.2 Å². The Bertz CT molecular complexity index is 787. The van der Waals surface area contributed by atoms with Gasteiger partial charge in [0, 0.05) is 26.2 Å². The minimum Gasteiger partial charge on any atom is -0.355 e. The van der Waals surface area contributed by atoms with E-state index in [1.807, 2.05) is 0 Å². The van der Waals surface area contributed by atoms with Gasteiger partial charge in [-0.25, -0.2) is 8.42 Å². The molecule has 0 aliphatic carbocycles. The number of rotatable bonds is 9. The van der Waals surface area contributed by atoms with Gasteiger partial charge in [0.1, 0.15) is 0 Å². The fourth-order valence-electron chi connectivity index (χ4n) is 3.25. The maximum Gasteiger partial charge on any atom is 0.243 e. The average molecular weight is 425 g/mol. The number of nitrogens with zero attached hydrogens (tertiary/aromatic N) is 2. The molecule has 1 fully saturated rings. The molecule has 2 amide bonds. The lowest BCUT2D eigenvalue weighted by Gasteiger charge is -2.30. The topological polar surface area (TPSA) is 98.8 Å². The zero-order chi connectivity index (χ0) is 21.4. The van der Waals surface area contributed by atoms with Crippen molar-refractivity contribution >= 4 is 27.5 Å². The number of piperidine rings is 1. The van der Waals surface area contributed by atoms with E-state index in [0.717, 1.165) is 36.3 Å². The normalized spacial score (nSPS) is 16.0. The van der Waals surface area contributed by atoms with Crippen molar-refractivity contribution in [1.82, 2.24) is 14.5 Å². The third kappa shape index (κ3) is 7.41. The smallest absolute Gasteiger partial charge is 0.243 e. The summed E-state index contributed by atoms with van der Waals surface area (Å²) >= 11 is 0. The Morgan fingerprint density at radius 1 is 1.17 bits per heavy atom. The van der Waals surface area contributed by atoms with Gasteiger partial charge in [0.05, 0.1) is 11.4 Å². The fourth-order valence-corrected chi connectivity index (χ4v) is 4.38. The third-order valence-corrected chi connectivity index (χ3v) is 6.92. The molecule has 9 heteroatoms. The van der Waals surface area contributed by atoms with Gasteiger partial charge in [-0.05, 0) is 69.1 Å². The molecule has 162 valence electrons. The number of likely N-dealkylation sites (N-methyl/N-ethyl adjacent to an activating group) is 1. The zero-order valence-corrected chi connectivity index (χ0v) is 18.3. The summed E-state index contributed by atoms with van der Waals surface area (Å²) in [6, 6.07) is 5.86. The van der Waals surface area contributed by atoms with Gasteiger partial charge < -0.3 is 15.5 Å². The number of benzene rings is 1. The molecule has 0 unspecified atom stereocenters. The van der Waals surface area contributed by atoms with Crippen molar-refractivity contribution in [2.45, 2.75) is 38.0 Å². The number of anilines is 1. The highest BCUT2D eigenvalue weighted by molar-refractivity contribution is 7.89. The number of sulfonamides is 1. The van der Waals surface area contributed by atoms with Crippen LogP contribution in [-0.4, -0.2) is 69.2 Å². The molecule has 0 bridgehead atoms. The van der Waals surface area contributed by atoms with Crippen molar-refractivity contribution in [3.05, 3.63) is 24.3 Å². The van der Waals surface area contributed by atoms with Gasteiger partial charge in [0.15, 0.2) is 0 Å². The summed E-state index contributed by atoms with van der Waals surface area (Å²) in [4.78, 5) is 25.7. The van der Waals surface area contributed by atoms with E-state index in [1.165, 1.54) is 51.1 Å². The minimum absolute atomic E-state index is 0.0706. The molecule has 1 aliphatic heterocycles. The molecule has 1 aromatic carbocycles. The van der Waals surface area contributed by atoms with Gasteiger partial charge in [-0.15, -0.1) is 0 Å². The maximum atomic E-state index is 12.6. The molecule has 0 saturated carbocycles. The van der Waals surface area contributed by atoms with Crippen LogP contribution in [-0.2, 0) is 19.6 Å². The highest BCUT2D eigenvalue weighted by Gasteiger charge is 2.23. The minimum atomic E-state index is -3.78. The van der Waals surface area contributed by atoms with E-state index >= 15 is 0 Å². The van der Waals surface area contributed by atoms with Gasteiger partial charge in [0.25, 0.3) is 0 Å². The van der Waals surface area contributed by atoms with Crippen LogP contribution >= 0.6 is 0 Å². The zero-order valence-electron chi connectivity index (χ0n) is 17.5. The van der Waals surface area contributed by atoms with Crippen LogP contribution in [0.1, 0.15) is 33.1 Å². The molecule has 8 nitrogen and oxygen atoms in total. The molecule has 0 spiro atoms. The largest absolute Gasteiger partial charge is 0.355 e. The number of amides is 2. The third-order valence-electron chi connectivity index (χ3n) is 5.10. The average Bonchev–Trinajstić information content (AvgIpc) is 2.66. The van der Waals surface area contributed by atoms with Crippen LogP contribution in [0.3, 0.4) is 0 Å². The first-order valence-corrected chi connectivity index (χ1v) is 11.5. The van der Waals surface area contributed by atoms with Crippen LogP contribution in [0, 0.1) is 5.92 Å². The second kappa shape index (κ2) is 10.7. The van der Waals surface area contributed by atoms with Gasteiger partial charge >= 0.3 is 0 Å². The van der Waals surface area contributed by atoms with Gasteiger partial charge in [0.2, 0.25) is 21.8 Å². The molecule has 1 saturated heterocycles. The predicted molar refractivity (Wildman–Crippen MR) is 113 cm³/mol. The molecule has 0 atom stereocenters. The highest BCUT2D eigenvalue weighted by atomic mass is 32.2. The Kier molecular flexibility index (Phi) is 8.60. The highest BCUT2D eigenvalue weighted by Crippen LogP contribution is 2.18. The summed E-state index contributed by atoms with van der Waals surface area (Å²) in [6.07, 6.45) is 3.29. The lowest BCUT2D eigenvalue weighted by atomic mass is 9.99. The van der Waals surface area contributed by atoms with E-state index in [-0.39, 0.29) is 23.3 Å². The van der Waals surface area contributed by atoms with Crippen molar-refractivity contribution < 1.29 is 18.0 Å². The molecule has 1 heterocycles. The molecule has 0 radical (unpaired) electrons. The molecular formula is C20H32N4O4S. The maximum absolute atomic E-state index is 12.6. The summed E-state index contributed by atoms with van der Waals surface area (Å²) in [6.45, 7) is 7.11. The standard InChI is InChI=1S/C20H32N4O4S/c1-16-9-13-24(14-10-16)12-4-11-21-20(26)15-23(3)29(27,28)19-7-5-18(6-8-19)22-17(2)25/h5-8,16H,4,9-15H2,1-3H3,(H,21,26)(H,22,25). The fraction of sp³-hybridized carbons (Fsp3) is 0.600. The number of likely N-dealkylation sites (tertiary alicyclic amines) is 1. The van der Waals surface area contributed by atoms with Crippen molar-refractivity contribution in [2.75, 3.05) is 45.1 Å². The van der Waals surface area contributed by atoms with Crippen LogP contribution in [0.2, 0.25) is 0 Å². The van der Waals surface area contributed by atoms with Crippen LogP contribution in [0.15, 0.2) is 29.2 Å². The van der Waals surface area contributed by atoms with Crippen LogP contribution in [0.4, 0.5) is 5.69 Å². The van der Waals surface area contributed by atoms with Crippen molar-refractivity contribution in [3.8, 4) is 0 Å². The van der Waals surface area contributed by atoms with E-state index in [2.05, 4.69) is 22.5 Å². The summed E-state index contributed by atoms with van der Waals surface area (Å²) in [5.74, 6) is 0.243. The first-order valence-electron chi connectivity index (χ1n) is 10.0. The molecule has 2 N–H and O–H groups in total. The van der Waals surface area contributed by atoms with Gasteiger partial charge in [-0.1, -0.05) is 6.92 Å². The lowest BCUT2D eigenvalue weighted by molar-refractivity contribution is -0.121. The van der Waals surface area contributed by atoms with E-state index < -0.39 is 10.0 Å². The second-order valence-electron chi connectivity index (χ2n) is 7.69. The Balaban J connectivity index is 1.76. The summed E-state index contributed by atoms with van der Waals surface area (Å²) in [5, 5.41) is 5.38. The van der Waals surface area contributed by atoms with Gasteiger partial charge in [-0.3, -0.25) is 9.59 Å².